The van der Waals surface area contributed by atoms with E-state index in [1.54, 1.807) is 26.0 Å². The lowest BCUT2D eigenvalue weighted by Crippen LogP contribution is -2.36. The number of carboxylic acids is 1. The molecular formula is C29H34FN5O5. The van der Waals surface area contributed by atoms with Crippen molar-refractivity contribution in [3.05, 3.63) is 74.8 Å². The summed E-state index contributed by atoms with van der Waals surface area (Å²) in [5.74, 6) is -1.57. The highest BCUT2D eigenvalue weighted by Gasteiger charge is 2.25. The summed E-state index contributed by atoms with van der Waals surface area (Å²) in [6, 6.07) is 9.29. The fourth-order valence-corrected chi connectivity index (χ4v) is 5.09. The molecule has 3 N–H and O–H groups in total. The van der Waals surface area contributed by atoms with E-state index >= 15 is 0 Å². The predicted octanol–water partition coefficient (Wildman–Crippen LogP) is 4.75. The molecule has 10 nitrogen and oxygen atoms in total. The van der Waals surface area contributed by atoms with Crippen LogP contribution >= 0.6 is 0 Å². The standard InChI is InChI=1S/C29H34FN5O5/c1-17-14-20(8-9-23(17)30)35-28(39)22(15-33(3)4)18(2)26(29(35)40)32-31-24-7-5-6-21(27(24)38)19-10-12-34(13-11-19)16-25(36)37/h5-9,14,19,38-39H,10-13,15-16H2,1-4H3,(H,36,37). The van der Waals surface area contributed by atoms with Crippen molar-refractivity contribution in [3.8, 4) is 17.3 Å². The van der Waals surface area contributed by atoms with Crippen LogP contribution in [0.2, 0.25) is 0 Å². The summed E-state index contributed by atoms with van der Waals surface area (Å²) in [5, 5.41) is 39.7. The van der Waals surface area contributed by atoms with E-state index in [1.807, 2.05) is 30.0 Å². The van der Waals surface area contributed by atoms with E-state index in [4.69, 9.17) is 5.11 Å². The van der Waals surface area contributed by atoms with Gasteiger partial charge in [-0.2, -0.15) is 0 Å². The van der Waals surface area contributed by atoms with Gasteiger partial charge in [-0.1, -0.05) is 12.1 Å². The Labute approximate surface area is 231 Å². The number of aromatic nitrogens is 1. The number of phenols is 1. The Bertz CT molecular complexity index is 1510. The van der Waals surface area contributed by atoms with Crippen LogP contribution in [0.5, 0.6) is 11.6 Å². The Kier molecular flexibility index (Phi) is 8.65. The molecule has 2 heterocycles. The van der Waals surface area contributed by atoms with Gasteiger partial charge < -0.3 is 20.2 Å². The Morgan fingerprint density at radius 2 is 1.80 bits per heavy atom. The van der Waals surface area contributed by atoms with E-state index in [0.29, 0.717) is 54.7 Å². The number of para-hydroxylation sites is 1. The van der Waals surface area contributed by atoms with Crippen molar-refractivity contribution in [1.82, 2.24) is 14.4 Å². The van der Waals surface area contributed by atoms with Gasteiger partial charge in [0.15, 0.2) is 5.69 Å². The molecule has 0 unspecified atom stereocenters. The molecule has 0 bridgehead atoms. The third kappa shape index (κ3) is 6.05. The third-order valence-electron chi connectivity index (χ3n) is 7.26. The Hall–Kier alpha value is -4.09. The van der Waals surface area contributed by atoms with Gasteiger partial charge in [0.1, 0.15) is 17.3 Å². The monoisotopic (exact) mass is 551 g/mol. The van der Waals surface area contributed by atoms with Crippen molar-refractivity contribution in [2.45, 2.75) is 39.2 Å². The second-order valence-corrected chi connectivity index (χ2v) is 10.4. The molecule has 0 amide bonds. The highest BCUT2D eigenvalue weighted by atomic mass is 19.1. The minimum absolute atomic E-state index is 0.0102. The number of nitrogens with zero attached hydrogens (tertiary/aromatic N) is 5. The highest BCUT2D eigenvalue weighted by molar-refractivity contribution is 5.69. The Morgan fingerprint density at radius 1 is 1.10 bits per heavy atom. The molecule has 1 fully saturated rings. The summed E-state index contributed by atoms with van der Waals surface area (Å²) < 4.78 is 15.0. The average Bonchev–Trinajstić information content (AvgIpc) is 2.89. The number of aryl methyl sites for hydroxylation is 1. The van der Waals surface area contributed by atoms with Gasteiger partial charge in [0, 0.05) is 12.1 Å². The van der Waals surface area contributed by atoms with Gasteiger partial charge in [-0.05, 0) is 101 Å². The smallest absolute Gasteiger partial charge is 0.317 e. The van der Waals surface area contributed by atoms with Crippen LogP contribution in [0.25, 0.3) is 5.69 Å². The number of hydrogen-bond donors (Lipinski definition) is 3. The number of likely N-dealkylation sites (tertiary alicyclic amines) is 1. The normalized spacial score (nSPS) is 14.8. The molecule has 0 spiro atoms. The fourth-order valence-electron chi connectivity index (χ4n) is 5.09. The second kappa shape index (κ2) is 12.0. The van der Waals surface area contributed by atoms with Crippen LogP contribution in [0.15, 0.2) is 51.4 Å². The van der Waals surface area contributed by atoms with Crippen LogP contribution in [0.4, 0.5) is 15.8 Å². The first-order valence-corrected chi connectivity index (χ1v) is 13.0. The van der Waals surface area contributed by atoms with Gasteiger partial charge in [0.25, 0.3) is 5.56 Å². The predicted molar refractivity (Wildman–Crippen MR) is 149 cm³/mol. The maximum Gasteiger partial charge on any atom is 0.317 e. The van der Waals surface area contributed by atoms with Crippen LogP contribution in [0.3, 0.4) is 0 Å². The fraction of sp³-hybridized carbons (Fsp3) is 0.379. The lowest BCUT2D eigenvalue weighted by Gasteiger charge is -2.31. The number of carboxylic acid groups (broad SMARTS) is 1. The molecule has 1 aliphatic heterocycles. The van der Waals surface area contributed by atoms with Gasteiger partial charge in [-0.15, -0.1) is 10.2 Å². The number of aliphatic carboxylic acids is 1. The summed E-state index contributed by atoms with van der Waals surface area (Å²) in [4.78, 5) is 28.3. The van der Waals surface area contributed by atoms with Gasteiger partial charge >= 0.3 is 5.97 Å². The summed E-state index contributed by atoms with van der Waals surface area (Å²) in [6.45, 7) is 4.75. The van der Waals surface area contributed by atoms with E-state index < -0.39 is 17.3 Å². The number of hydrogen-bond acceptors (Lipinski definition) is 8. The molecule has 4 rings (SSSR count). The highest BCUT2D eigenvalue weighted by Crippen LogP contribution is 2.40. The molecule has 1 saturated heterocycles. The van der Waals surface area contributed by atoms with Gasteiger partial charge in [-0.3, -0.25) is 14.5 Å². The number of halogens is 1. The maximum absolute atomic E-state index is 14.0. The van der Waals surface area contributed by atoms with Crippen molar-refractivity contribution < 1.29 is 24.5 Å². The number of benzene rings is 2. The summed E-state index contributed by atoms with van der Waals surface area (Å²) in [7, 11) is 3.65. The summed E-state index contributed by atoms with van der Waals surface area (Å²) in [5.41, 5.74) is 1.76. The maximum atomic E-state index is 14.0. The molecule has 0 atom stereocenters. The van der Waals surface area contributed by atoms with Gasteiger partial charge in [-0.25, -0.2) is 8.96 Å². The van der Waals surface area contributed by atoms with Crippen molar-refractivity contribution in [1.29, 1.82) is 0 Å². The average molecular weight is 552 g/mol. The zero-order valence-electron chi connectivity index (χ0n) is 23.1. The van der Waals surface area contributed by atoms with Crippen molar-refractivity contribution in [3.63, 3.8) is 0 Å². The molecule has 11 heteroatoms. The first-order chi connectivity index (χ1) is 19.0. The summed E-state index contributed by atoms with van der Waals surface area (Å²) in [6.07, 6.45) is 1.38. The van der Waals surface area contributed by atoms with E-state index in [-0.39, 0.29) is 41.2 Å². The lowest BCUT2D eigenvalue weighted by molar-refractivity contribution is -0.138. The molecule has 0 radical (unpaired) electrons. The molecule has 0 aliphatic carbocycles. The number of azo groups is 1. The molecular weight excluding hydrogens is 517 g/mol. The second-order valence-electron chi connectivity index (χ2n) is 10.4. The molecule has 2 aromatic carbocycles. The minimum Gasteiger partial charge on any atom is -0.505 e. The van der Waals surface area contributed by atoms with E-state index in [9.17, 15) is 24.2 Å². The first kappa shape index (κ1) is 28.9. The molecule has 0 saturated carbocycles. The number of phenolic OH excluding ortho intramolecular Hbond substituents is 1. The number of pyridine rings is 1. The number of aromatic hydroxyl groups is 2. The third-order valence-corrected chi connectivity index (χ3v) is 7.26. The molecule has 1 aliphatic rings. The van der Waals surface area contributed by atoms with E-state index in [1.165, 1.54) is 18.2 Å². The number of carbonyl (C=O) groups is 1. The first-order valence-electron chi connectivity index (χ1n) is 13.0. The van der Waals surface area contributed by atoms with E-state index in [2.05, 4.69) is 10.2 Å². The molecule has 3 aromatic rings. The van der Waals surface area contributed by atoms with Gasteiger partial charge in [0.05, 0.1) is 12.2 Å². The zero-order chi connectivity index (χ0) is 29.1. The van der Waals surface area contributed by atoms with E-state index in [0.717, 1.165) is 4.57 Å². The topological polar surface area (TPSA) is 131 Å². The van der Waals surface area contributed by atoms with Gasteiger partial charge in [0.2, 0.25) is 5.88 Å². The largest absolute Gasteiger partial charge is 0.505 e. The van der Waals surface area contributed by atoms with Crippen LogP contribution in [-0.4, -0.2) is 69.4 Å². The molecule has 1 aromatic heterocycles. The zero-order valence-corrected chi connectivity index (χ0v) is 23.1. The van der Waals surface area contributed by atoms with Crippen LogP contribution in [-0.2, 0) is 11.3 Å². The van der Waals surface area contributed by atoms with Crippen LogP contribution in [0, 0.1) is 19.7 Å². The van der Waals surface area contributed by atoms with Crippen LogP contribution in [0.1, 0.15) is 41.0 Å². The SMILES string of the molecule is Cc1cc(-n2c(O)c(CN(C)C)c(C)c(N=Nc3cccc(C4CCN(CC(=O)O)CC4)c3O)c2=O)ccc1F. The van der Waals surface area contributed by atoms with Crippen molar-refractivity contribution in [2.24, 2.45) is 10.2 Å². The van der Waals surface area contributed by atoms with Crippen molar-refractivity contribution in [2.75, 3.05) is 33.7 Å². The van der Waals surface area contributed by atoms with Crippen LogP contribution < -0.4 is 5.56 Å². The minimum atomic E-state index is -0.865. The Balaban J connectivity index is 1.73. The summed E-state index contributed by atoms with van der Waals surface area (Å²) >= 11 is 0. The Morgan fingerprint density at radius 3 is 2.42 bits per heavy atom. The molecule has 40 heavy (non-hydrogen) atoms. The number of rotatable bonds is 8. The molecule has 212 valence electrons. The van der Waals surface area contributed by atoms with Crippen molar-refractivity contribution >= 4 is 17.3 Å². The lowest BCUT2D eigenvalue weighted by atomic mass is 9.88. The number of piperidine rings is 1. The quantitative estimate of drug-likeness (QED) is 0.345.